The van der Waals surface area contributed by atoms with Crippen molar-refractivity contribution in [3.05, 3.63) is 0 Å². The van der Waals surface area contributed by atoms with Gasteiger partial charge in [0.25, 0.3) is 0 Å². The lowest BCUT2D eigenvalue weighted by atomic mass is 10.2. The minimum Gasteiger partial charge on any atom is -0.463 e. The number of methoxy groups -OCH3 is 1. The maximum atomic E-state index is 11.3. The molecule has 4 heteroatoms. The molecular weight excluding hydrogens is 208 g/mol. The highest BCUT2D eigenvalue weighted by molar-refractivity contribution is 5.69. The summed E-state index contributed by atoms with van der Waals surface area (Å²) in [4.78, 5) is 11.3. The quantitative estimate of drug-likeness (QED) is 0.345. The Balaban J connectivity index is 1.87. The van der Waals surface area contributed by atoms with Crippen molar-refractivity contribution in [3.63, 3.8) is 0 Å². The minimum atomic E-state index is -0.109. The molecule has 0 aromatic heterocycles. The van der Waals surface area contributed by atoms with Crippen LogP contribution < -0.4 is 0 Å². The largest absolute Gasteiger partial charge is 0.463 e. The Kier molecular flexibility index (Phi) is 6.42. The summed E-state index contributed by atoms with van der Waals surface area (Å²) in [6.45, 7) is 3.26. The molecule has 1 rings (SSSR count). The molecule has 94 valence electrons. The molecular formula is C12H22O4. The topological polar surface area (TPSA) is 48.1 Å². The van der Waals surface area contributed by atoms with Crippen LogP contribution in [0.4, 0.5) is 0 Å². The maximum absolute atomic E-state index is 11.3. The standard InChI is InChI=1S/C12H22O4/c1-3-10-11(16-10)9-15-12(13)7-5-4-6-8-14-2/h10-11H,3-9H2,1-2H3. The van der Waals surface area contributed by atoms with E-state index in [0.717, 1.165) is 32.3 Å². The van der Waals surface area contributed by atoms with Crippen LogP contribution in [0.2, 0.25) is 0 Å². The average Bonchev–Trinajstić information content (AvgIpc) is 3.05. The van der Waals surface area contributed by atoms with Gasteiger partial charge >= 0.3 is 5.97 Å². The molecule has 1 saturated heterocycles. The summed E-state index contributed by atoms with van der Waals surface area (Å²) in [5, 5.41) is 0. The summed E-state index contributed by atoms with van der Waals surface area (Å²) in [5.41, 5.74) is 0. The van der Waals surface area contributed by atoms with Gasteiger partial charge in [0.05, 0.1) is 6.10 Å². The zero-order valence-electron chi connectivity index (χ0n) is 10.2. The van der Waals surface area contributed by atoms with E-state index in [-0.39, 0.29) is 12.1 Å². The molecule has 2 atom stereocenters. The molecule has 0 bridgehead atoms. The Morgan fingerprint density at radius 1 is 1.25 bits per heavy atom. The van der Waals surface area contributed by atoms with Crippen LogP contribution in [0.3, 0.4) is 0 Å². The van der Waals surface area contributed by atoms with Gasteiger partial charge in [0.15, 0.2) is 0 Å². The van der Waals surface area contributed by atoms with Crippen molar-refractivity contribution in [2.75, 3.05) is 20.3 Å². The Morgan fingerprint density at radius 2 is 2.06 bits per heavy atom. The summed E-state index contributed by atoms with van der Waals surface area (Å²) < 4.78 is 15.3. The first kappa shape index (κ1) is 13.5. The highest BCUT2D eigenvalue weighted by Gasteiger charge is 2.37. The lowest BCUT2D eigenvalue weighted by Crippen LogP contribution is -2.11. The molecule has 0 aromatic carbocycles. The number of esters is 1. The van der Waals surface area contributed by atoms with Crippen LogP contribution >= 0.6 is 0 Å². The summed E-state index contributed by atoms with van der Waals surface area (Å²) in [6.07, 6.45) is 4.88. The Hall–Kier alpha value is -0.610. The van der Waals surface area contributed by atoms with Gasteiger partial charge in [0.2, 0.25) is 0 Å². The van der Waals surface area contributed by atoms with E-state index in [1.807, 2.05) is 0 Å². The second-order valence-electron chi connectivity index (χ2n) is 4.11. The third-order valence-corrected chi connectivity index (χ3v) is 2.73. The third kappa shape index (κ3) is 5.47. The zero-order valence-corrected chi connectivity index (χ0v) is 10.2. The molecule has 0 N–H and O–H groups in total. The number of carbonyl (C=O) groups excluding carboxylic acids is 1. The van der Waals surface area contributed by atoms with Gasteiger partial charge in [0, 0.05) is 20.1 Å². The van der Waals surface area contributed by atoms with Gasteiger partial charge in [-0.1, -0.05) is 13.3 Å². The molecule has 0 amide bonds. The number of unbranched alkanes of at least 4 members (excludes halogenated alkanes) is 2. The molecule has 0 saturated carbocycles. The Morgan fingerprint density at radius 3 is 2.69 bits per heavy atom. The lowest BCUT2D eigenvalue weighted by Gasteiger charge is -2.02. The van der Waals surface area contributed by atoms with Gasteiger partial charge in [-0.3, -0.25) is 4.79 Å². The molecule has 1 aliphatic rings. The van der Waals surface area contributed by atoms with E-state index in [1.165, 1.54) is 0 Å². The van der Waals surface area contributed by atoms with Crippen LogP contribution in [0, 0.1) is 0 Å². The second-order valence-corrected chi connectivity index (χ2v) is 4.11. The number of ether oxygens (including phenoxy) is 3. The number of epoxide rings is 1. The molecule has 2 unspecified atom stereocenters. The fourth-order valence-electron chi connectivity index (χ4n) is 1.62. The Labute approximate surface area is 97.2 Å². The molecule has 4 nitrogen and oxygen atoms in total. The van der Waals surface area contributed by atoms with E-state index in [9.17, 15) is 4.79 Å². The van der Waals surface area contributed by atoms with Gasteiger partial charge in [-0.25, -0.2) is 0 Å². The molecule has 1 aliphatic heterocycles. The highest BCUT2D eigenvalue weighted by atomic mass is 16.6. The van der Waals surface area contributed by atoms with Crippen LogP contribution in [-0.4, -0.2) is 38.5 Å². The van der Waals surface area contributed by atoms with Crippen molar-refractivity contribution < 1.29 is 19.0 Å². The van der Waals surface area contributed by atoms with Crippen molar-refractivity contribution in [1.29, 1.82) is 0 Å². The number of carbonyl (C=O) groups is 1. The maximum Gasteiger partial charge on any atom is 0.305 e. The number of hydrogen-bond acceptors (Lipinski definition) is 4. The van der Waals surface area contributed by atoms with E-state index >= 15 is 0 Å². The normalized spacial score (nSPS) is 23.1. The van der Waals surface area contributed by atoms with E-state index < -0.39 is 0 Å². The summed E-state index contributed by atoms with van der Waals surface area (Å²) >= 11 is 0. The van der Waals surface area contributed by atoms with Crippen molar-refractivity contribution in [2.45, 2.75) is 51.2 Å². The van der Waals surface area contributed by atoms with Crippen molar-refractivity contribution >= 4 is 5.97 Å². The van der Waals surface area contributed by atoms with E-state index in [0.29, 0.717) is 19.1 Å². The number of hydrogen-bond donors (Lipinski definition) is 0. The third-order valence-electron chi connectivity index (χ3n) is 2.73. The van der Waals surface area contributed by atoms with Gasteiger partial charge in [0.1, 0.15) is 12.7 Å². The molecule has 0 spiro atoms. The molecule has 0 aromatic rings. The van der Waals surface area contributed by atoms with E-state index in [1.54, 1.807) is 7.11 Å². The van der Waals surface area contributed by atoms with Crippen LogP contribution in [-0.2, 0) is 19.0 Å². The molecule has 16 heavy (non-hydrogen) atoms. The SMILES string of the molecule is CCC1OC1COC(=O)CCCCCOC. The first-order valence-electron chi connectivity index (χ1n) is 6.08. The highest BCUT2D eigenvalue weighted by Crippen LogP contribution is 2.25. The lowest BCUT2D eigenvalue weighted by molar-refractivity contribution is -0.144. The monoisotopic (exact) mass is 230 g/mol. The van der Waals surface area contributed by atoms with Gasteiger partial charge < -0.3 is 14.2 Å². The summed E-state index contributed by atoms with van der Waals surface area (Å²) in [7, 11) is 1.69. The predicted molar refractivity (Wildman–Crippen MR) is 60.3 cm³/mol. The first-order valence-corrected chi connectivity index (χ1v) is 6.08. The van der Waals surface area contributed by atoms with Crippen LogP contribution in [0.25, 0.3) is 0 Å². The summed E-state index contributed by atoms with van der Waals surface area (Å²) in [5.74, 6) is -0.109. The summed E-state index contributed by atoms with van der Waals surface area (Å²) in [6, 6.07) is 0. The van der Waals surface area contributed by atoms with Crippen molar-refractivity contribution in [2.24, 2.45) is 0 Å². The second kappa shape index (κ2) is 7.63. The smallest absolute Gasteiger partial charge is 0.305 e. The molecule has 0 aliphatic carbocycles. The Bertz CT molecular complexity index is 205. The zero-order chi connectivity index (χ0) is 11.8. The molecule has 1 heterocycles. The molecule has 0 radical (unpaired) electrons. The van der Waals surface area contributed by atoms with Crippen LogP contribution in [0.5, 0.6) is 0 Å². The molecule has 1 fully saturated rings. The van der Waals surface area contributed by atoms with Crippen LogP contribution in [0.1, 0.15) is 39.0 Å². The number of rotatable bonds is 9. The average molecular weight is 230 g/mol. The van der Waals surface area contributed by atoms with Crippen molar-refractivity contribution in [1.82, 2.24) is 0 Å². The predicted octanol–water partition coefficient (Wildman–Crippen LogP) is 1.91. The van der Waals surface area contributed by atoms with Gasteiger partial charge in [-0.15, -0.1) is 0 Å². The fraction of sp³-hybridized carbons (Fsp3) is 0.917. The fourth-order valence-corrected chi connectivity index (χ4v) is 1.62. The van der Waals surface area contributed by atoms with Crippen molar-refractivity contribution in [3.8, 4) is 0 Å². The minimum absolute atomic E-state index is 0.109. The van der Waals surface area contributed by atoms with E-state index in [4.69, 9.17) is 14.2 Å². The van der Waals surface area contributed by atoms with Gasteiger partial charge in [-0.05, 0) is 19.3 Å². The van der Waals surface area contributed by atoms with E-state index in [2.05, 4.69) is 6.92 Å². The van der Waals surface area contributed by atoms with Gasteiger partial charge in [-0.2, -0.15) is 0 Å². The first-order chi connectivity index (χ1) is 7.77. The van der Waals surface area contributed by atoms with Crippen LogP contribution in [0.15, 0.2) is 0 Å².